The number of hydrazone groups is 1. The highest BCUT2D eigenvalue weighted by molar-refractivity contribution is 6.01. The van der Waals surface area contributed by atoms with Gasteiger partial charge in [-0.2, -0.15) is 5.10 Å². The molecule has 0 atom stereocenters. The van der Waals surface area contributed by atoms with E-state index in [9.17, 15) is 9.90 Å². The summed E-state index contributed by atoms with van der Waals surface area (Å²) >= 11 is 0. The standard InChI is InChI=1S/C29H34N2O2/c1-19(20-13-15-22(16-14-20)21-11-9-8-10-12-21)30-31-27(33)23-17-24(28(2,3)4)26(32)25(18-23)29(5,6)7/h8-18,32H,1-7H3,(H,31,33). The van der Waals surface area contributed by atoms with Crippen molar-refractivity contribution >= 4 is 11.6 Å². The molecule has 2 N–H and O–H groups in total. The predicted molar refractivity (Wildman–Crippen MR) is 137 cm³/mol. The van der Waals surface area contributed by atoms with Gasteiger partial charge < -0.3 is 5.11 Å². The van der Waals surface area contributed by atoms with E-state index in [0.29, 0.717) is 11.3 Å². The third-order valence-corrected chi connectivity index (χ3v) is 5.72. The molecular formula is C29H34N2O2. The normalized spacial score (nSPS) is 12.5. The lowest BCUT2D eigenvalue weighted by Gasteiger charge is -2.28. The van der Waals surface area contributed by atoms with Crippen molar-refractivity contribution in [3.63, 3.8) is 0 Å². The van der Waals surface area contributed by atoms with Crippen molar-refractivity contribution in [3.05, 3.63) is 89.0 Å². The number of phenols is 1. The predicted octanol–water partition coefficient (Wildman–Crippen LogP) is 6.81. The van der Waals surface area contributed by atoms with Crippen LogP contribution in [0, 0.1) is 0 Å². The number of phenolic OH excluding ortho intramolecular Hbond substituents is 1. The second-order valence-corrected chi connectivity index (χ2v) is 10.5. The number of aromatic hydroxyl groups is 1. The van der Waals surface area contributed by atoms with E-state index in [0.717, 1.165) is 27.8 Å². The van der Waals surface area contributed by atoms with E-state index in [1.165, 1.54) is 0 Å². The number of nitrogens with zero attached hydrogens (tertiary/aromatic N) is 1. The van der Waals surface area contributed by atoms with Crippen LogP contribution in [0.4, 0.5) is 0 Å². The molecular weight excluding hydrogens is 408 g/mol. The van der Waals surface area contributed by atoms with Crippen LogP contribution in [0.5, 0.6) is 5.75 Å². The zero-order chi connectivity index (χ0) is 24.4. The van der Waals surface area contributed by atoms with Gasteiger partial charge in [0, 0.05) is 16.7 Å². The topological polar surface area (TPSA) is 61.7 Å². The second-order valence-electron chi connectivity index (χ2n) is 10.5. The van der Waals surface area contributed by atoms with E-state index in [-0.39, 0.29) is 22.5 Å². The summed E-state index contributed by atoms with van der Waals surface area (Å²) in [5.41, 5.74) is 7.99. The molecule has 0 aliphatic rings. The fourth-order valence-electron chi connectivity index (χ4n) is 3.71. The van der Waals surface area contributed by atoms with Gasteiger partial charge in [0.1, 0.15) is 5.75 Å². The van der Waals surface area contributed by atoms with Gasteiger partial charge in [-0.15, -0.1) is 0 Å². The smallest absolute Gasteiger partial charge is 0.271 e. The number of carbonyl (C=O) groups excluding carboxylic acids is 1. The minimum atomic E-state index is -0.305. The molecule has 0 aromatic heterocycles. The van der Waals surface area contributed by atoms with E-state index in [1.807, 2.05) is 78.8 Å². The molecule has 33 heavy (non-hydrogen) atoms. The summed E-state index contributed by atoms with van der Waals surface area (Å²) in [7, 11) is 0. The van der Waals surface area contributed by atoms with Gasteiger partial charge in [0.05, 0.1) is 5.71 Å². The lowest BCUT2D eigenvalue weighted by molar-refractivity contribution is 0.0954. The Bertz CT molecular complexity index is 1130. The molecule has 4 nitrogen and oxygen atoms in total. The van der Waals surface area contributed by atoms with Gasteiger partial charge in [-0.3, -0.25) is 4.79 Å². The van der Waals surface area contributed by atoms with Crippen molar-refractivity contribution in [3.8, 4) is 16.9 Å². The summed E-state index contributed by atoms with van der Waals surface area (Å²) in [5, 5.41) is 15.2. The average Bonchev–Trinajstić information content (AvgIpc) is 2.76. The van der Waals surface area contributed by atoms with Gasteiger partial charge in [-0.05, 0) is 46.6 Å². The van der Waals surface area contributed by atoms with Crippen LogP contribution in [0.25, 0.3) is 11.1 Å². The lowest BCUT2D eigenvalue weighted by Crippen LogP contribution is -2.23. The Hall–Kier alpha value is -3.40. The highest BCUT2D eigenvalue weighted by atomic mass is 16.3. The highest BCUT2D eigenvalue weighted by Gasteiger charge is 2.27. The fourth-order valence-corrected chi connectivity index (χ4v) is 3.71. The van der Waals surface area contributed by atoms with Gasteiger partial charge in [0.2, 0.25) is 0 Å². The zero-order valence-electron chi connectivity index (χ0n) is 20.7. The van der Waals surface area contributed by atoms with Crippen molar-refractivity contribution in [1.29, 1.82) is 0 Å². The van der Waals surface area contributed by atoms with Crippen LogP contribution < -0.4 is 5.43 Å². The molecule has 0 bridgehead atoms. The number of hydrogen-bond acceptors (Lipinski definition) is 3. The Labute approximate surface area is 197 Å². The van der Waals surface area contributed by atoms with Crippen LogP contribution in [-0.4, -0.2) is 16.7 Å². The largest absolute Gasteiger partial charge is 0.507 e. The van der Waals surface area contributed by atoms with Crippen molar-refractivity contribution in [2.45, 2.75) is 59.3 Å². The van der Waals surface area contributed by atoms with Gasteiger partial charge in [-0.25, -0.2) is 5.43 Å². The molecule has 0 saturated heterocycles. The molecule has 0 saturated carbocycles. The van der Waals surface area contributed by atoms with Crippen LogP contribution in [0.1, 0.15) is 75.5 Å². The first-order valence-corrected chi connectivity index (χ1v) is 11.3. The third-order valence-electron chi connectivity index (χ3n) is 5.72. The molecule has 0 fully saturated rings. The zero-order valence-corrected chi connectivity index (χ0v) is 20.7. The lowest BCUT2D eigenvalue weighted by atomic mass is 9.78. The first-order valence-electron chi connectivity index (χ1n) is 11.3. The maximum Gasteiger partial charge on any atom is 0.271 e. The maximum absolute atomic E-state index is 13.0. The quantitative estimate of drug-likeness (QED) is 0.344. The van der Waals surface area contributed by atoms with Crippen molar-refractivity contribution in [2.75, 3.05) is 0 Å². The SMILES string of the molecule is CC(=NNC(=O)c1cc(C(C)(C)C)c(O)c(C(C)(C)C)c1)c1ccc(-c2ccccc2)cc1. The number of rotatable bonds is 4. The molecule has 3 rings (SSSR count). The number of carbonyl (C=O) groups is 1. The van der Waals surface area contributed by atoms with Crippen molar-refractivity contribution in [2.24, 2.45) is 5.10 Å². The molecule has 0 unspecified atom stereocenters. The first-order chi connectivity index (χ1) is 15.4. The number of amides is 1. The van der Waals surface area contributed by atoms with Crippen molar-refractivity contribution in [1.82, 2.24) is 5.43 Å². The minimum Gasteiger partial charge on any atom is -0.507 e. The molecule has 1 amide bonds. The number of nitrogens with one attached hydrogen (secondary N) is 1. The summed E-state index contributed by atoms with van der Waals surface area (Å²) in [6.45, 7) is 14.0. The number of benzene rings is 3. The van der Waals surface area contributed by atoms with Crippen molar-refractivity contribution < 1.29 is 9.90 Å². The molecule has 4 heteroatoms. The molecule has 0 aliphatic carbocycles. The van der Waals surface area contributed by atoms with Crippen LogP contribution in [0.3, 0.4) is 0 Å². The monoisotopic (exact) mass is 442 g/mol. The van der Waals surface area contributed by atoms with E-state index in [1.54, 1.807) is 12.1 Å². The Morgan fingerprint density at radius 3 is 1.73 bits per heavy atom. The van der Waals surface area contributed by atoms with E-state index < -0.39 is 0 Å². The summed E-state index contributed by atoms with van der Waals surface area (Å²) in [5.74, 6) is -0.0454. The minimum absolute atomic E-state index is 0.254. The third kappa shape index (κ3) is 5.70. The Balaban J connectivity index is 1.85. The van der Waals surface area contributed by atoms with Gasteiger partial charge in [0.25, 0.3) is 5.91 Å². The van der Waals surface area contributed by atoms with Crippen LogP contribution in [0.15, 0.2) is 71.8 Å². The van der Waals surface area contributed by atoms with E-state index in [4.69, 9.17) is 0 Å². The first kappa shape index (κ1) is 24.2. The summed E-state index contributed by atoms with van der Waals surface area (Å²) in [4.78, 5) is 13.0. The fraction of sp³-hybridized carbons (Fsp3) is 0.310. The average molecular weight is 443 g/mol. The molecule has 172 valence electrons. The van der Waals surface area contributed by atoms with Crippen LogP contribution in [-0.2, 0) is 10.8 Å². The summed E-state index contributed by atoms with van der Waals surface area (Å²) in [6.07, 6.45) is 0. The highest BCUT2D eigenvalue weighted by Crippen LogP contribution is 2.39. The van der Waals surface area contributed by atoms with Crippen LogP contribution >= 0.6 is 0 Å². The Kier molecular flexibility index (Phi) is 6.78. The van der Waals surface area contributed by atoms with Gasteiger partial charge in [-0.1, -0.05) is 96.1 Å². The van der Waals surface area contributed by atoms with E-state index >= 15 is 0 Å². The molecule has 3 aromatic carbocycles. The molecule has 0 heterocycles. The Morgan fingerprint density at radius 1 is 0.758 bits per heavy atom. The summed E-state index contributed by atoms with van der Waals surface area (Å²) < 4.78 is 0. The van der Waals surface area contributed by atoms with Gasteiger partial charge in [0.15, 0.2) is 0 Å². The molecule has 0 radical (unpaired) electrons. The molecule has 3 aromatic rings. The Morgan fingerprint density at radius 2 is 1.24 bits per heavy atom. The maximum atomic E-state index is 13.0. The number of hydrogen-bond donors (Lipinski definition) is 2. The molecule has 0 aliphatic heterocycles. The second kappa shape index (κ2) is 9.22. The summed E-state index contributed by atoms with van der Waals surface area (Å²) in [6, 6.07) is 21.8. The molecule has 0 spiro atoms. The van der Waals surface area contributed by atoms with E-state index in [2.05, 4.69) is 34.8 Å². The van der Waals surface area contributed by atoms with Crippen LogP contribution in [0.2, 0.25) is 0 Å². The van der Waals surface area contributed by atoms with Gasteiger partial charge >= 0.3 is 0 Å².